The lowest BCUT2D eigenvalue weighted by Crippen LogP contribution is -2.54. The van der Waals surface area contributed by atoms with Crippen LogP contribution in [0.5, 0.6) is 0 Å². The zero-order valence-electron chi connectivity index (χ0n) is 11.2. The molecule has 1 saturated heterocycles. The summed E-state index contributed by atoms with van der Waals surface area (Å²) in [4.78, 5) is 16.6. The molecule has 0 radical (unpaired) electrons. The van der Waals surface area contributed by atoms with Crippen LogP contribution in [0.15, 0.2) is 0 Å². The van der Waals surface area contributed by atoms with Gasteiger partial charge < -0.3 is 10.2 Å². The van der Waals surface area contributed by atoms with Crippen molar-refractivity contribution < 1.29 is 4.79 Å². The third kappa shape index (κ3) is 3.04. The number of amides is 1. The Morgan fingerprint density at radius 2 is 1.78 bits per heavy atom. The first-order valence-electron chi connectivity index (χ1n) is 7.55. The molecule has 0 aromatic rings. The average molecular weight is 251 g/mol. The van der Waals surface area contributed by atoms with Gasteiger partial charge in [0.1, 0.15) is 0 Å². The van der Waals surface area contributed by atoms with Gasteiger partial charge in [-0.05, 0) is 38.1 Å². The van der Waals surface area contributed by atoms with Gasteiger partial charge in [-0.2, -0.15) is 0 Å². The lowest BCUT2D eigenvalue weighted by Gasteiger charge is -2.43. The normalized spacial score (nSPS) is 26.1. The molecule has 1 amide bonds. The van der Waals surface area contributed by atoms with Gasteiger partial charge >= 0.3 is 0 Å². The topological polar surface area (TPSA) is 35.6 Å². The van der Waals surface area contributed by atoms with E-state index >= 15 is 0 Å². The van der Waals surface area contributed by atoms with Crippen molar-refractivity contribution in [1.82, 2.24) is 15.1 Å². The fourth-order valence-electron chi connectivity index (χ4n) is 2.91. The number of hydrogen-bond donors (Lipinski definition) is 1. The molecule has 1 heterocycles. The predicted octanol–water partition coefficient (Wildman–Crippen LogP) is 0.683. The van der Waals surface area contributed by atoms with Gasteiger partial charge in [-0.3, -0.25) is 9.69 Å². The highest BCUT2D eigenvalue weighted by molar-refractivity contribution is 5.78. The van der Waals surface area contributed by atoms with Gasteiger partial charge in [-0.1, -0.05) is 6.42 Å². The molecule has 1 aliphatic heterocycles. The van der Waals surface area contributed by atoms with Gasteiger partial charge in [0, 0.05) is 32.2 Å². The molecular formula is C14H25N3O. The minimum atomic E-state index is 0.295. The van der Waals surface area contributed by atoms with Crippen LogP contribution in [-0.4, -0.2) is 61.0 Å². The van der Waals surface area contributed by atoms with E-state index in [1.54, 1.807) is 0 Å². The number of hydrogen-bond acceptors (Lipinski definition) is 3. The SMILES string of the molecule is O=C(CNCC1CC1)N1CCN(C2CCC2)CC1. The quantitative estimate of drug-likeness (QED) is 0.780. The second kappa shape index (κ2) is 5.57. The van der Waals surface area contributed by atoms with Crippen LogP contribution in [0.25, 0.3) is 0 Å². The first-order chi connectivity index (χ1) is 8.83. The summed E-state index contributed by atoms with van der Waals surface area (Å²) in [6.07, 6.45) is 6.84. The number of piperazine rings is 1. The van der Waals surface area contributed by atoms with E-state index in [4.69, 9.17) is 0 Å². The Labute approximate surface area is 110 Å². The molecule has 0 aromatic carbocycles. The Kier molecular flexibility index (Phi) is 3.85. The van der Waals surface area contributed by atoms with E-state index in [1.165, 1.54) is 32.1 Å². The fraction of sp³-hybridized carbons (Fsp3) is 0.929. The van der Waals surface area contributed by atoms with Crippen molar-refractivity contribution in [3.63, 3.8) is 0 Å². The number of rotatable bonds is 5. The molecule has 3 aliphatic rings. The first kappa shape index (κ1) is 12.4. The summed E-state index contributed by atoms with van der Waals surface area (Å²) in [5.74, 6) is 1.15. The molecule has 18 heavy (non-hydrogen) atoms. The van der Waals surface area contributed by atoms with Gasteiger partial charge in [-0.15, -0.1) is 0 Å². The Morgan fingerprint density at radius 1 is 1.06 bits per heavy atom. The van der Waals surface area contributed by atoms with Gasteiger partial charge in [0.05, 0.1) is 6.54 Å². The maximum atomic E-state index is 12.0. The summed E-state index contributed by atoms with van der Waals surface area (Å²) >= 11 is 0. The van der Waals surface area contributed by atoms with E-state index in [2.05, 4.69) is 10.2 Å². The van der Waals surface area contributed by atoms with Crippen LogP contribution >= 0.6 is 0 Å². The van der Waals surface area contributed by atoms with Gasteiger partial charge in [0.15, 0.2) is 0 Å². The molecule has 3 fully saturated rings. The van der Waals surface area contributed by atoms with E-state index < -0.39 is 0 Å². The van der Waals surface area contributed by atoms with E-state index in [-0.39, 0.29) is 0 Å². The number of carbonyl (C=O) groups is 1. The smallest absolute Gasteiger partial charge is 0.236 e. The van der Waals surface area contributed by atoms with Crippen molar-refractivity contribution in [2.75, 3.05) is 39.3 Å². The Bertz CT molecular complexity index is 291. The van der Waals surface area contributed by atoms with Gasteiger partial charge in [0.25, 0.3) is 0 Å². The van der Waals surface area contributed by atoms with Crippen molar-refractivity contribution in [3.8, 4) is 0 Å². The molecule has 0 unspecified atom stereocenters. The second-order valence-corrected chi connectivity index (χ2v) is 6.08. The molecule has 0 spiro atoms. The number of nitrogens with zero attached hydrogens (tertiary/aromatic N) is 2. The zero-order valence-corrected chi connectivity index (χ0v) is 11.2. The number of nitrogens with one attached hydrogen (secondary N) is 1. The minimum Gasteiger partial charge on any atom is -0.339 e. The highest BCUT2D eigenvalue weighted by Gasteiger charge is 2.29. The van der Waals surface area contributed by atoms with Crippen LogP contribution in [0.4, 0.5) is 0 Å². The molecule has 2 aliphatic carbocycles. The van der Waals surface area contributed by atoms with Crippen molar-refractivity contribution in [3.05, 3.63) is 0 Å². The Morgan fingerprint density at radius 3 is 2.33 bits per heavy atom. The van der Waals surface area contributed by atoms with E-state index in [9.17, 15) is 4.79 Å². The summed E-state index contributed by atoms with van der Waals surface area (Å²) in [5.41, 5.74) is 0. The van der Waals surface area contributed by atoms with Crippen LogP contribution in [-0.2, 0) is 4.79 Å². The molecule has 4 nitrogen and oxygen atoms in total. The standard InChI is InChI=1S/C14H25N3O/c18-14(11-15-10-12-4-5-12)17-8-6-16(7-9-17)13-2-1-3-13/h12-13,15H,1-11H2. The molecular weight excluding hydrogens is 226 g/mol. The molecule has 0 aromatic heterocycles. The molecule has 4 heteroatoms. The van der Waals surface area contributed by atoms with E-state index in [1.807, 2.05) is 4.90 Å². The Hall–Kier alpha value is -0.610. The molecule has 0 bridgehead atoms. The Balaban J connectivity index is 1.34. The third-order valence-corrected chi connectivity index (χ3v) is 4.66. The van der Waals surface area contributed by atoms with E-state index in [0.717, 1.165) is 44.7 Å². The highest BCUT2D eigenvalue weighted by Crippen LogP contribution is 2.27. The first-order valence-corrected chi connectivity index (χ1v) is 7.55. The van der Waals surface area contributed by atoms with Gasteiger partial charge in [0.2, 0.25) is 5.91 Å². The minimum absolute atomic E-state index is 0.295. The van der Waals surface area contributed by atoms with Crippen LogP contribution in [0.1, 0.15) is 32.1 Å². The summed E-state index contributed by atoms with van der Waals surface area (Å²) in [6.45, 7) is 5.60. The van der Waals surface area contributed by atoms with Crippen LogP contribution in [0.2, 0.25) is 0 Å². The maximum absolute atomic E-state index is 12.0. The molecule has 102 valence electrons. The third-order valence-electron chi connectivity index (χ3n) is 4.66. The molecule has 0 atom stereocenters. The summed E-state index contributed by atoms with van der Waals surface area (Å²) in [7, 11) is 0. The van der Waals surface area contributed by atoms with Crippen molar-refractivity contribution >= 4 is 5.91 Å². The lowest BCUT2D eigenvalue weighted by molar-refractivity contribution is -0.132. The maximum Gasteiger partial charge on any atom is 0.236 e. The van der Waals surface area contributed by atoms with Crippen molar-refractivity contribution in [2.24, 2.45) is 5.92 Å². The summed E-state index contributed by atoms with van der Waals surface area (Å²) < 4.78 is 0. The predicted molar refractivity (Wildman–Crippen MR) is 71.4 cm³/mol. The molecule has 2 saturated carbocycles. The fourth-order valence-corrected chi connectivity index (χ4v) is 2.91. The van der Waals surface area contributed by atoms with Crippen LogP contribution in [0.3, 0.4) is 0 Å². The van der Waals surface area contributed by atoms with Crippen LogP contribution in [0, 0.1) is 5.92 Å². The van der Waals surface area contributed by atoms with E-state index in [0.29, 0.717) is 12.5 Å². The largest absolute Gasteiger partial charge is 0.339 e. The van der Waals surface area contributed by atoms with Crippen molar-refractivity contribution in [1.29, 1.82) is 0 Å². The zero-order chi connectivity index (χ0) is 12.4. The average Bonchev–Trinajstić information content (AvgIpc) is 3.12. The highest BCUT2D eigenvalue weighted by atomic mass is 16.2. The molecule has 3 rings (SSSR count). The van der Waals surface area contributed by atoms with Crippen molar-refractivity contribution in [2.45, 2.75) is 38.1 Å². The molecule has 1 N–H and O–H groups in total. The lowest BCUT2D eigenvalue weighted by atomic mass is 9.91. The summed E-state index contributed by atoms with van der Waals surface area (Å²) in [5, 5.41) is 3.30. The van der Waals surface area contributed by atoms with Crippen LogP contribution < -0.4 is 5.32 Å². The number of carbonyl (C=O) groups excluding carboxylic acids is 1. The monoisotopic (exact) mass is 251 g/mol. The summed E-state index contributed by atoms with van der Waals surface area (Å²) in [6, 6.07) is 0.829. The second-order valence-electron chi connectivity index (χ2n) is 6.08. The van der Waals surface area contributed by atoms with Gasteiger partial charge in [-0.25, -0.2) is 0 Å².